The van der Waals surface area contributed by atoms with E-state index in [1.54, 1.807) is 35.6 Å². The van der Waals surface area contributed by atoms with Crippen LogP contribution in [0.25, 0.3) is 31.7 Å². The highest BCUT2D eigenvalue weighted by Crippen LogP contribution is 2.44. The van der Waals surface area contributed by atoms with Crippen molar-refractivity contribution in [2.45, 2.75) is 122 Å². The minimum atomic E-state index is -0.414. The normalized spacial score (nSPS) is 11.1. The minimum Gasteiger partial charge on any atom is -0.494 e. The molecule has 0 spiro atoms. The highest BCUT2D eigenvalue weighted by molar-refractivity contribution is 7.21. The van der Waals surface area contributed by atoms with Crippen LogP contribution in [0.4, 0.5) is 0 Å². The van der Waals surface area contributed by atoms with Gasteiger partial charge in [-0.3, -0.25) is 0 Å². The lowest BCUT2D eigenvalue weighted by molar-refractivity contribution is 0.0725. The summed E-state index contributed by atoms with van der Waals surface area (Å²) in [5.41, 5.74) is 3.00. The zero-order valence-electron chi connectivity index (χ0n) is 37.8. The number of thiophene rings is 1. The van der Waals surface area contributed by atoms with Crippen LogP contribution in [0.2, 0.25) is 0 Å². The van der Waals surface area contributed by atoms with Gasteiger partial charge < -0.3 is 18.9 Å². The molecule has 0 atom stereocenters. The largest absolute Gasteiger partial charge is 0.494 e. The summed E-state index contributed by atoms with van der Waals surface area (Å²) in [6, 6.07) is 38.0. The number of benzene rings is 5. The second kappa shape index (κ2) is 26.8. The van der Waals surface area contributed by atoms with Crippen LogP contribution in [0.15, 0.2) is 134 Å². The van der Waals surface area contributed by atoms with Crippen LogP contribution < -0.4 is 18.9 Å². The Morgan fingerprint density at radius 1 is 0.453 bits per heavy atom. The molecular weight excluding hydrogens is 813 g/mol. The average Bonchev–Trinajstić information content (AvgIpc) is 3.72. The van der Waals surface area contributed by atoms with Crippen molar-refractivity contribution in [2.24, 2.45) is 0 Å². The summed E-state index contributed by atoms with van der Waals surface area (Å²) in [6.07, 6.45) is 24.5. The molecule has 0 saturated carbocycles. The Kier molecular flexibility index (Phi) is 20.1. The molecule has 0 unspecified atom stereocenters. The van der Waals surface area contributed by atoms with Gasteiger partial charge in [0.2, 0.25) is 0 Å². The summed E-state index contributed by atoms with van der Waals surface area (Å²) in [7, 11) is 0. The van der Waals surface area contributed by atoms with Crippen LogP contribution in [-0.4, -0.2) is 25.2 Å². The molecule has 1 heterocycles. The standard InChI is InChI=1S/C57H66O6S/c1-3-5-7-9-11-13-15-17-19-23-43-61-49-36-32-47(33-37-49)57(59)63-51-40-28-45(29-41-51)55-53-25-21-20-24-52(53)54(64-55)44-26-38-50(39-27-44)62-56(58)46-30-34-48(35-31-46)60-42-22-18-16-14-12-10-8-6-4-2/h4,20-21,24-41H,2-3,5-19,22-23,42-43H2,1H3. The van der Waals surface area contributed by atoms with Crippen LogP contribution in [0.3, 0.4) is 0 Å². The van der Waals surface area contributed by atoms with E-state index in [1.165, 1.54) is 89.9 Å². The fourth-order valence-corrected chi connectivity index (χ4v) is 9.11. The molecule has 0 aliphatic heterocycles. The predicted octanol–water partition coefficient (Wildman–Crippen LogP) is 16.7. The summed E-state index contributed by atoms with van der Waals surface area (Å²) < 4.78 is 23.4. The Morgan fingerprint density at radius 3 is 1.20 bits per heavy atom. The molecule has 0 fully saturated rings. The van der Waals surface area contributed by atoms with E-state index in [2.05, 4.69) is 25.6 Å². The number of ether oxygens (including phenoxy) is 4. The summed E-state index contributed by atoms with van der Waals surface area (Å²) in [5.74, 6) is 1.65. The minimum absolute atomic E-state index is 0.410. The average molecular weight is 879 g/mol. The van der Waals surface area contributed by atoms with Gasteiger partial charge in [0.1, 0.15) is 23.0 Å². The highest BCUT2D eigenvalue weighted by Gasteiger charge is 2.16. The third-order valence-corrected chi connectivity index (χ3v) is 12.9. The molecule has 0 amide bonds. The third-order valence-electron chi connectivity index (χ3n) is 11.5. The Morgan fingerprint density at radius 2 is 0.812 bits per heavy atom. The fraction of sp³-hybridized carbons (Fsp3) is 0.368. The number of hydrogen-bond donors (Lipinski definition) is 0. The Labute approximate surface area is 385 Å². The van der Waals surface area contributed by atoms with Crippen molar-refractivity contribution in [3.05, 3.63) is 145 Å². The van der Waals surface area contributed by atoms with E-state index in [-0.39, 0.29) is 0 Å². The molecule has 0 radical (unpaired) electrons. The van der Waals surface area contributed by atoms with Gasteiger partial charge in [-0.2, -0.15) is 0 Å². The molecular formula is C57H66O6S. The van der Waals surface area contributed by atoms with Crippen molar-refractivity contribution < 1.29 is 28.5 Å². The Hall–Kier alpha value is -5.66. The number of esters is 2. The van der Waals surface area contributed by atoms with Crippen molar-refractivity contribution in [3.8, 4) is 43.9 Å². The molecule has 7 heteroatoms. The lowest BCUT2D eigenvalue weighted by atomic mass is 10.0. The molecule has 6 rings (SSSR count). The van der Waals surface area contributed by atoms with Gasteiger partial charge in [0.15, 0.2) is 0 Å². The molecule has 64 heavy (non-hydrogen) atoms. The Balaban J connectivity index is 0.952. The van der Waals surface area contributed by atoms with Gasteiger partial charge in [-0.05, 0) is 134 Å². The van der Waals surface area contributed by atoms with Crippen molar-refractivity contribution in [3.63, 3.8) is 0 Å². The molecule has 0 N–H and O–H groups in total. The lowest BCUT2D eigenvalue weighted by Crippen LogP contribution is -2.08. The monoisotopic (exact) mass is 878 g/mol. The maximum Gasteiger partial charge on any atom is 0.343 e. The van der Waals surface area contributed by atoms with E-state index in [4.69, 9.17) is 18.9 Å². The SMILES string of the molecule is C=CCCCCCCCCCOc1ccc(C(=O)Oc2ccc(-c3sc(-c4ccc(OC(=O)c5ccc(OCCCCCCCCCCCC)cc5)cc4)c4ccccc34)cc2)cc1. The first-order valence-electron chi connectivity index (χ1n) is 23.8. The van der Waals surface area contributed by atoms with Crippen molar-refractivity contribution in [2.75, 3.05) is 13.2 Å². The number of rotatable bonds is 29. The van der Waals surface area contributed by atoms with E-state index >= 15 is 0 Å². The van der Waals surface area contributed by atoms with E-state index in [1.807, 2.05) is 91.0 Å². The lowest BCUT2D eigenvalue weighted by Gasteiger charge is -2.08. The van der Waals surface area contributed by atoms with E-state index in [0.717, 1.165) is 68.8 Å². The van der Waals surface area contributed by atoms with E-state index in [0.29, 0.717) is 35.8 Å². The van der Waals surface area contributed by atoms with Crippen molar-refractivity contribution in [1.29, 1.82) is 0 Å². The highest BCUT2D eigenvalue weighted by atomic mass is 32.1. The van der Waals surface area contributed by atoms with Gasteiger partial charge in [0, 0.05) is 20.5 Å². The first kappa shape index (κ1) is 47.8. The van der Waals surface area contributed by atoms with E-state index < -0.39 is 11.9 Å². The number of hydrogen-bond acceptors (Lipinski definition) is 7. The number of carbonyl (C=O) groups is 2. The molecule has 6 aromatic rings. The number of unbranched alkanes of at least 4 members (excludes halogenated alkanes) is 16. The summed E-state index contributed by atoms with van der Waals surface area (Å²) in [5, 5.41) is 2.27. The van der Waals surface area contributed by atoms with Gasteiger partial charge in [-0.25, -0.2) is 9.59 Å². The summed E-state index contributed by atoms with van der Waals surface area (Å²) >= 11 is 1.70. The molecule has 0 bridgehead atoms. The second-order valence-corrected chi connectivity index (χ2v) is 17.6. The molecule has 0 aliphatic rings. The maximum absolute atomic E-state index is 13.0. The summed E-state index contributed by atoms with van der Waals surface area (Å²) in [6.45, 7) is 7.40. The van der Waals surface area contributed by atoms with Crippen molar-refractivity contribution in [1.82, 2.24) is 0 Å². The quantitative estimate of drug-likeness (QED) is 0.0202. The first-order valence-corrected chi connectivity index (χ1v) is 24.6. The van der Waals surface area contributed by atoms with Crippen LogP contribution in [0.1, 0.15) is 143 Å². The van der Waals surface area contributed by atoms with Crippen LogP contribution in [-0.2, 0) is 0 Å². The van der Waals surface area contributed by atoms with Gasteiger partial charge in [-0.1, -0.05) is 127 Å². The molecule has 5 aromatic carbocycles. The molecule has 1 aromatic heterocycles. The van der Waals surface area contributed by atoms with Gasteiger partial charge in [0.25, 0.3) is 0 Å². The van der Waals surface area contributed by atoms with Gasteiger partial charge in [0.05, 0.1) is 24.3 Å². The van der Waals surface area contributed by atoms with E-state index in [9.17, 15) is 9.59 Å². The number of allylic oxidation sites excluding steroid dienone is 1. The molecule has 0 aliphatic carbocycles. The number of carbonyl (C=O) groups excluding carboxylic acids is 2. The molecule has 0 saturated heterocycles. The zero-order valence-corrected chi connectivity index (χ0v) is 38.6. The van der Waals surface area contributed by atoms with Gasteiger partial charge >= 0.3 is 11.9 Å². The second-order valence-electron chi connectivity index (χ2n) is 16.6. The fourth-order valence-electron chi connectivity index (χ4n) is 7.82. The van der Waals surface area contributed by atoms with Crippen LogP contribution in [0.5, 0.6) is 23.0 Å². The molecule has 6 nitrogen and oxygen atoms in total. The third kappa shape index (κ3) is 15.3. The smallest absolute Gasteiger partial charge is 0.343 e. The topological polar surface area (TPSA) is 71.1 Å². The molecule has 336 valence electrons. The van der Waals surface area contributed by atoms with Crippen LogP contribution >= 0.6 is 11.3 Å². The summed E-state index contributed by atoms with van der Waals surface area (Å²) in [4.78, 5) is 28.3. The maximum atomic E-state index is 13.0. The zero-order chi connectivity index (χ0) is 44.6. The first-order chi connectivity index (χ1) is 31.5. The van der Waals surface area contributed by atoms with Crippen molar-refractivity contribution >= 4 is 34.0 Å². The predicted molar refractivity (Wildman–Crippen MR) is 265 cm³/mol. The Bertz CT molecular complexity index is 2290. The van der Waals surface area contributed by atoms with Crippen LogP contribution in [0, 0.1) is 0 Å². The number of fused-ring (bicyclic) bond motifs is 1. The van der Waals surface area contributed by atoms with Gasteiger partial charge in [-0.15, -0.1) is 17.9 Å².